The number of nitrogens with zero attached hydrogens (tertiary/aromatic N) is 3. The third-order valence-electron chi connectivity index (χ3n) is 3.29. The molecule has 2 unspecified atom stereocenters. The van der Waals surface area contributed by atoms with E-state index in [1.807, 2.05) is 0 Å². The molecular weight excluding hydrogens is 264 g/mol. The first-order chi connectivity index (χ1) is 9.67. The van der Waals surface area contributed by atoms with Crippen LogP contribution in [0.5, 0.6) is 0 Å². The molecule has 0 radical (unpaired) electrons. The number of rotatable bonds is 6. The van der Waals surface area contributed by atoms with Crippen molar-refractivity contribution in [2.75, 3.05) is 27.4 Å². The zero-order valence-corrected chi connectivity index (χ0v) is 11.7. The highest BCUT2D eigenvalue weighted by atomic mass is 16.5. The molecule has 0 bridgehead atoms. The van der Waals surface area contributed by atoms with Crippen molar-refractivity contribution < 1.29 is 19.4 Å². The van der Waals surface area contributed by atoms with Gasteiger partial charge in [0, 0.05) is 7.11 Å². The van der Waals surface area contributed by atoms with Gasteiger partial charge in [-0.2, -0.15) is 0 Å². The lowest BCUT2D eigenvalue weighted by Crippen LogP contribution is -2.26. The van der Waals surface area contributed by atoms with Gasteiger partial charge in [-0.15, -0.1) is 5.10 Å². The molecule has 0 amide bonds. The van der Waals surface area contributed by atoms with Crippen LogP contribution < -0.4 is 5.32 Å². The molecule has 2 N–H and O–H groups in total. The average molecular weight is 284 g/mol. The Morgan fingerprint density at radius 3 is 3.00 bits per heavy atom. The average Bonchev–Trinajstić information content (AvgIpc) is 3.06. The van der Waals surface area contributed by atoms with Crippen LogP contribution in [-0.4, -0.2) is 59.5 Å². The minimum Gasteiger partial charge on any atom is -0.464 e. The van der Waals surface area contributed by atoms with E-state index in [0.29, 0.717) is 5.69 Å². The Morgan fingerprint density at radius 1 is 1.60 bits per heavy atom. The molecule has 1 aliphatic heterocycles. The second kappa shape index (κ2) is 6.78. The van der Waals surface area contributed by atoms with Crippen molar-refractivity contribution >= 4 is 5.97 Å². The van der Waals surface area contributed by atoms with Crippen molar-refractivity contribution in [1.82, 2.24) is 20.3 Å². The SMILES string of the molecule is COCC(O)Cn1nnc(C(=O)OC)c1C1CCCN1. The highest BCUT2D eigenvalue weighted by molar-refractivity contribution is 5.88. The fourth-order valence-electron chi connectivity index (χ4n) is 2.40. The molecule has 112 valence electrons. The Hall–Kier alpha value is -1.51. The molecule has 20 heavy (non-hydrogen) atoms. The maximum absolute atomic E-state index is 11.8. The largest absolute Gasteiger partial charge is 0.464 e. The maximum atomic E-state index is 11.8. The van der Waals surface area contributed by atoms with Crippen molar-refractivity contribution in [2.45, 2.75) is 31.5 Å². The normalized spacial score (nSPS) is 20.1. The Kier molecular flexibility index (Phi) is 5.05. The molecular formula is C12H20N4O4. The molecule has 8 heteroatoms. The first-order valence-corrected chi connectivity index (χ1v) is 6.59. The predicted octanol–water partition coefficient (Wildman–Crippen LogP) is -0.503. The summed E-state index contributed by atoms with van der Waals surface area (Å²) in [4.78, 5) is 11.8. The summed E-state index contributed by atoms with van der Waals surface area (Å²) in [7, 11) is 2.83. The Balaban J connectivity index is 2.26. The van der Waals surface area contributed by atoms with Crippen LogP contribution >= 0.6 is 0 Å². The lowest BCUT2D eigenvalue weighted by Gasteiger charge is -2.16. The standard InChI is InChI=1S/C12H20N4O4/c1-19-7-8(17)6-16-11(9-4-3-5-13-9)10(14-15-16)12(18)20-2/h8-9,13,17H,3-7H2,1-2H3. The molecule has 2 atom stereocenters. The minimum atomic E-state index is -0.702. The lowest BCUT2D eigenvalue weighted by molar-refractivity contribution is 0.0500. The molecule has 1 aliphatic rings. The summed E-state index contributed by atoms with van der Waals surface area (Å²) in [6.45, 7) is 1.31. The quantitative estimate of drug-likeness (QED) is 0.679. The lowest BCUT2D eigenvalue weighted by atomic mass is 10.1. The molecule has 0 aliphatic carbocycles. The van der Waals surface area contributed by atoms with Crippen LogP contribution in [0, 0.1) is 0 Å². The van der Waals surface area contributed by atoms with Gasteiger partial charge in [0.25, 0.3) is 0 Å². The van der Waals surface area contributed by atoms with Gasteiger partial charge in [-0.05, 0) is 19.4 Å². The van der Waals surface area contributed by atoms with Gasteiger partial charge in [-0.3, -0.25) is 0 Å². The number of aromatic nitrogens is 3. The van der Waals surface area contributed by atoms with Crippen LogP contribution in [0.1, 0.15) is 35.1 Å². The monoisotopic (exact) mass is 284 g/mol. The zero-order valence-electron chi connectivity index (χ0n) is 11.7. The first kappa shape index (κ1) is 14.9. The topological polar surface area (TPSA) is 98.5 Å². The van der Waals surface area contributed by atoms with Crippen LogP contribution in [0.25, 0.3) is 0 Å². The molecule has 2 rings (SSSR count). The van der Waals surface area contributed by atoms with Crippen molar-refractivity contribution in [3.63, 3.8) is 0 Å². The fourth-order valence-corrected chi connectivity index (χ4v) is 2.40. The van der Waals surface area contributed by atoms with Crippen molar-refractivity contribution in [3.05, 3.63) is 11.4 Å². The van der Waals surface area contributed by atoms with E-state index in [1.165, 1.54) is 14.2 Å². The number of methoxy groups -OCH3 is 2. The Labute approximate surface area is 117 Å². The van der Waals surface area contributed by atoms with Crippen LogP contribution in [0.4, 0.5) is 0 Å². The summed E-state index contributed by atoms with van der Waals surface area (Å²) in [5.41, 5.74) is 0.876. The van der Waals surface area contributed by atoms with Gasteiger partial charge in [0.1, 0.15) is 0 Å². The minimum absolute atomic E-state index is 0.00819. The van der Waals surface area contributed by atoms with E-state index in [0.717, 1.165) is 19.4 Å². The number of aliphatic hydroxyl groups excluding tert-OH is 1. The Bertz CT molecular complexity index is 456. The maximum Gasteiger partial charge on any atom is 0.360 e. The molecule has 1 fully saturated rings. The van der Waals surface area contributed by atoms with E-state index < -0.39 is 12.1 Å². The van der Waals surface area contributed by atoms with Gasteiger partial charge >= 0.3 is 5.97 Å². The van der Waals surface area contributed by atoms with E-state index in [9.17, 15) is 9.90 Å². The van der Waals surface area contributed by atoms with E-state index in [2.05, 4.69) is 15.6 Å². The van der Waals surface area contributed by atoms with Crippen molar-refractivity contribution in [3.8, 4) is 0 Å². The summed E-state index contributed by atoms with van der Waals surface area (Å²) in [5, 5.41) is 21.0. The molecule has 2 heterocycles. The number of carbonyl (C=O) groups is 1. The van der Waals surface area contributed by atoms with Crippen molar-refractivity contribution in [2.24, 2.45) is 0 Å². The number of aliphatic hydroxyl groups is 1. The summed E-state index contributed by atoms with van der Waals surface area (Å²) < 4.78 is 11.2. The van der Waals surface area contributed by atoms with E-state index in [-0.39, 0.29) is 24.9 Å². The molecule has 0 saturated carbocycles. The molecule has 0 spiro atoms. The van der Waals surface area contributed by atoms with E-state index >= 15 is 0 Å². The van der Waals surface area contributed by atoms with E-state index in [1.54, 1.807) is 4.68 Å². The number of hydrogen-bond acceptors (Lipinski definition) is 7. The molecule has 1 aromatic heterocycles. The summed E-state index contributed by atoms with van der Waals surface area (Å²) in [6.07, 6.45) is 1.22. The zero-order chi connectivity index (χ0) is 14.5. The van der Waals surface area contributed by atoms with Crippen LogP contribution in [0.2, 0.25) is 0 Å². The smallest absolute Gasteiger partial charge is 0.360 e. The number of ether oxygens (including phenoxy) is 2. The number of esters is 1. The summed E-state index contributed by atoms with van der Waals surface area (Å²) >= 11 is 0. The fraction of sp³-hybridized carbons (Fsp3) is 0.750. The first-order valence-electron chi connectivity index (χ1n) is 6.59. The highest BCUT2D eigenvalue weighted by Gasteiger charge is 2.29. The molecule has 8 nitrogen and oxygen atoms in total. The predicted molar refractivity (Wildman–Crippen MR) is 69.2 cm³/mol. The van der Waals surface area contributed by atoms with Crippen LogP contribution in [0.3, 0.4) is 0 Å². The number of carbonyl (C=O) groups excluding carboxylic acids is 1. The van der Waals surface area contributed by atoms with Gasteiger partial charge < -0.3 is 19.9 Å². The van der Waals surface area contributed by atoms with E-state index in [4.69, 9.17) is 9.47 Å². The molecule has 1 saturated heterocycles. The molecule has 1 aromatic rings. The Morgan fingerprint density at radius 2 is 2.40 bits per heavy atom. The molecule has 0 aromatic carbocycles. The van der Waals surface area contributed by atoms with Gasteiger partial charge in [-0.25, -0.2) is 9.48 Å². The van der Waals surface area contributed by atoms with Crippen LogP contribution in [-0.2, 0) is 16.0 Å². The highest BCUT2D eigenvalue weighted by Crippen LogP contribution is 2.25. The van der Waals surface area contributed by atoms with Crippen molar-refractivity contribution in [1.29, 1.82) is 0 Å². The van der Waals surface area contributed by atoms with Gasteiger partial charge in [0.15, 0.2) is 5.69 Å². The number of hydrogen-bond donors (Lipinski definition) is 2. The van der Waals surface area contributed by atoms with Crippen LogP contribution in [0.15, 0.2) is 0 Å². The van der Waals surface area contributed by atoms with Gasteiger partial charge in [-0.1, -0.05) is 5.21 Å². The number of nitrogens with one attached hydrogen (secondary N) is 1. The second-order valence-electron chi connectivity index (χ2n) is 4.76. The third-order valence-corrected chi connectivity index (χ3v) is 3.29. The summed E-state index contributed by atoms with van der Waals surface area (Å²) in [6, 6.07) is 0.00819. The third kappa shape index (κ3) is 3.14. The second-order valence-corrected chi connectivity index (χ2v) is 4.76. The summed E-state index contributed by atoms with van der Waals surface area (Å²) in [5.74, 6) is -0.513. The van der Waals surface area contributed by atoms with Gasteiger partial charge in [0.2, 0.25) is 0 Å². The van der Waals surface area contributed by atoms with Gasteiger partial charge in [0.05, 0.1) is 38.1 Å².